The van der Waals surface area contributed by atoms with E-state index in [9.17, 15) is 4.79 Å². The molecule has 146 valence electrons. The smallest absolute Gasteiger partial charge is 0.277 e. The lowest BCUT2D eigenvalue weighted by Gasteiger charge is -2.04. The van der Waals surface area contributed by atoms with Gasteiger partial charge in [-0.25, -0.2) is 4.98 Å². The number of nitrogens with zero attached hydrogens (tertiary/aromatic N) is 3. The molecule has 8 heteroatoms. The van der Waals surface area contributed by atoms with Gasteiger partial charge >= 0.3 is 0 Å². The monoisotopic (exact) mass is 485 g/mol. The van der Waals surface area contributed by atoms with Crippen molar-refractivity contribution in [3.8, 4) is 21.9 Å². The Labute approximate surface area is 184 Å². The van der Waals surface area contributed by atoms with Gasteiger partial charge in [-0.3, -0.25) is 4.79 Å². The Hall–Kier alpha value is -2.29. The average Bonchev–Trinajstić information content (AvgIpc) is 3.32. The molecule has 0 radical (unpaired) electrons. The first-order valence-electron chi connectivity index (χ1n) is 8.79. The van der Waals surface area contributed by atoms with Crippen molar-refractivity contribution in [2.24, 2.45) is 0 Å². The molecule has 0 saturated heterocycles. The zero-order chi connectivity index (χ0) is 20.4. The Bertz CT molecular complexity index is 1150. The van der Waals surface area contributed by atoms with E-state index in [0.717, 1.165) is 31.2 Å². The summed E-state index contributed by atoms with van der Waals surface area (Å²) in [6, 6.07) is 15.7. The summed E-state index contributed by atoms with van der Waals surface area (Å²) in [5.41, 5.74) is 3.70. The number of aryl methyl sites for hydroxylation is 2. The Morgan fingerprint density at radius 1 is 1.03 bits per heavy atom. The van der Waals surface area contributed by atoms with Crippen LogP contribution in [0, 0.1) is 13.8 Å². The molecular weight excluding hydrogens is 470 g/mol. The lowest BCUT2D eigenvalue weighted by Crippen LogP contribution is -2.02. The van der Waals surface area contributed by atoms with Gasteiger partial charge in [-0.05, 0) is 37.1 Å². The van der Waals surface area contributed by atoms with Crippen LogP contribution in [-0.2, 0) is 0 Å². The van der Waals surface area contributed by atoms with Crippen LogP contribution in [-0.4, -0.2) is 26.7 Å². The highest BCUT2D eigenvalue weighted by Crippen LogP contribution is 2.30. The summed E-state index contributed by atoms with van der Waals surface area (Å²) in [6.45, 7) is 3.85. The van der Waals surface area contributed by atoms with Gasteiger partial charge in [0.2, 0.25) is 0 Å². The van der Waals surface area contributed by atoms with Gasteiger partial charge in [0.1, 0.15) is 4.88 Å². The number of ketones is 1. The molecule has 0 atom stereocenters. The van der Waals surface area contributed by atoms with Gasteiger partial charge in [0.25, 0.3) is 11.1 Å². The summed E-state index contributed by atoms with van der Waals surface area (Å²) in [7, 11) is 0. The third-order valence-corrected chi connectivity index (χ3v) is 6.62. The lowest BCUT2D eigenvalue weighted by atomic mass is 10.0. The third kappa shape index (κ3) is 4.66. The normalized spacial score (nSPS) is 11.0. The van der Waals surface area contributed by atoms with Crippen LogP contribution in [0.15, 0.2) is 62.6 Å². The standard InChI is InChI=1S/C21H16BrN3O2S2/c1-12-19(29-13(2)23-12)20-24-25-21(27-20)28-11-18(26)16-5-3-14(4-6-16)15-7-9-17(22)10-8-15/h3-10H,11H2,1-2H3. The van der Waals surface area contributed by atoms with Gasteiger partial charge in [0.05, 0.1) is 16.5 Å². The minimum Gasteiger partial charge on any atom is -0.410 e. The summed E-state index contributed by atoms with van der Waals surface area (Å²) in [4.78, 5) is 17.8. The van der Waals surface area contributed by atoms with Gasteiger partial charge in [-0.2, -0.15) is 0 Å². The van der Waals surface area contributed by atoms with E-state index in [1.54, 1.807) is 0 Å². The summed E-state index contributed by atoms with van der Waals surface area (Å²) in [5, 5.41) is 9.45. The summed E-state index contributed by atoms with van der Waals surface area (Å²) in [5.74, 6) is 0.698. The van der Waals surface area contributed by atoms with Crippen molar-refractivity contribution in [2.45, 2.75) is 19.1 Å². The summed E-state index contributed by atoms with van der Waals surface area (Å²) in [6.07, 6.45) is 0. The van der Waals surface area contributed by atoms with Crippen LogP contribution in [0.4, 0.5) is 0 Å². The minimum absolute atomic E-state index is 0.0157. The predicted molar refractivity (Wildman–Crippen MR) is 120 cm³/mol. The molecule has 5 nitrogen and oxygen atoms in total. The van der Waals surface area contributed by atoms with Gasteiger partial charge in [0, 0.05) is 10.0 Å². The Kier molecular flexibility index (Phi) is 5.94. The number of halogens is 1. The Morgan fingerprint density at radius 3 is 2.31 bits per heavy atom. The maximum absolute atomic E-state index is 12.5. The van der Waals surface area contributed by atoms with Gasteiger partial charge in [-0.15, -0.1) is 21.5 Å². The number of rotatable bonds is 6. The second-order valence-electron chi connectivity index (χ2n) is 6.32. The molecule has 2 aromatic heterocycles. The molecule has 0 unspecified atom stereocenters. The van der Waals surface area contributed by atoms with Crippen LogP contribution in [0.1, 0.15) is 21.1 Å². The van der Waals surface area contributed by atoms with Crippen molar-refractivity contribution >= 4 is 44.8 Å². The van der Waals surface area contributed by atoms with Crippen LogP contribution < -0.4 is 0 Å². The van der Waals surface area contributed by atoms with Gasteiger partial charge < -0.3 is 4.42 Å². The summed E-state index contributed by atoms with van der Waals surface area (Å²) >= 11 is 6.20. The summed E-state index contributed by atoms with van der Waals surface area (Å²) < 4.78 is 6.73. The molecule has 0 aliphatic heterocycles. The quantitative estimate of drug-likeness (QED) is 0.238. The lowest BCUT2D eigenvalue weighted by molar-refractivity contribution is 0.102. The zero-order valence-corrected chi connectivity index (χ0v) is 18.9. The number of benzene rings is 2. The van der Waals surface area contributed by atoms with E-state index in [0.29, 0.717) is 16.7 Å². The van der Waals surface area contributed by atoms with Crippen molar-refractivity contribution in [1.82, 2.24) is 15.2 Å². The molecule has 0 N–H and O–H groups in total. The number of Topliss-reactive ketones (excluding diaryl/α,β-unsaturated/α-hetero) is 1. The second-order valence-corrected chi connectivity index (χ2v) is 9.36. The van der Waals surface area contributed by atoms with E-state index in [1.165, 1.54) is 23.1 Å². The number of hydrogen-bond donors (Lipinski definition) is 0. The molecule has 0 spiro atoms. The molecule has 0 saturated carbocycles. The van der Waals surface area contributed by atoms with Crippen LogP contribution in [0.3, 0.4) is 0 Å². The number of thioether (sulfide) groups is 1. The highest BCUT2D eigenvalue weighted by Gasteiger charge is 2.16. The molecule has 2 aromatic carbocycles. The van der Waals surface area contributed by atoms with E-state index in [1.807, 2.05) is 62.4 Å². The second kappa shape index (κ2) is 8.61. The van der Waals surface area contributed by atoms with Crippen LogP contribution in [0.25, 0.3) is 21.9 Å². The fourth-order valence-electron chi connectivity index (χ4n) is 2.79. The molecule has 2 heterocycles. The SMILES string of the molecule is Cc1nc(C)c(-c2nnc(SCC(=O)c3ccc(-c4ccc(Br)cc4)cc3)o2)s1. The van der Waals surface area contributed by atoms with Gasteiger partial charge in [-0.1, -0.05) is 64.1 Å². The molecule has 4 aromatic rings. The number of hydrogen-bond acceptors (Lipinski definition) is 7. The molecule has 0 bridgehead atoms. The van der Waals surface area contributed by atoms with Crippen molar-refractivity contribution in [1.29, 1.82) is 0 Å². The number of thiazole rings is 1. The molecule has 29 heavy (non-hydrogen) atoms. The van der Waals surface area contributed by atoms with E-state index in [2.05, 4.69) is 31.1 Å². The number of carbonyl (C=O) groups is 1. The predicted octanol–water partition coefficient (Wildman–Crippen LogP) is 6.21. The number of aromatic nitrogens is 3. The molecule has 0 aliphatic carbocycles. The largest absolute Gasteiger partial charge is 0.410 e. The first kappa shape index (κ1) is 20.0. The fourth-order valence-corrected chi connectivity index (χ4v) is 4.55. The van der Waals surface area contributed by atoms with Crippen molar-refractivity contribution in [3.63, 3.8) is 0 Å². The third-order valence-electron chi connectivity index (χ3n) is 4.22. The van der Waals surface area contributed by atoms with Crippen LogP contribution in [0.2, 0.25) is 0 Å². The average molecular weight is 486 g/mol. The maximum Gasteiger partial charge on any atom is 0.277 e. The van der Waals surface area contributed by atoms with Gasteiger partial charge in [0.15, 0.2) is 5.78 Å². The van der Waals surface area contributed by atoms with E-state index >= 15 is 0 Å². The van der Waals surface area contributed by atoms with Crippen molar-refractivity contribution in [3.05, 3.63) is 69.3 Å². The number of carbonyl (C=O) groups excluding carboxylic acids is 1. The maximum atomic E-state index is 12.5. The minimum atomic E-state index is 0.0157. The first-order chi connectivity index (χ1) is 14.0. The van der Waals surface area contributed by atoms with Crippen molar-refractivity contribution < 1.29 is 9.21 Å². The first-order valence-corrected chi connectivity index (χ1v) is 11.4. The topological polar surface area (TPSA) is 68.9 Å². The van der Waals surface area contributed by atoms with E-state index in [-0.39, 0.29) is 11.5 Å². The van der Waals surface area contributed by atoms with E-state index in [4.69, 9.17) is 4.42 Å². The highest BCUT2D eigenvalue weighted by molar-refractivity contribution is 9.10. The van der Waals surface area contributed by atoms with Crippen LogP contribution >= 0.6 is 39.0 Å². The molecular formula is C21H16BrN3O2S2. The highest BCUT2D eigenvalue weighted by atomic mass is 79.9. The zero-order valence-electron chi connectivity index (χ0n) is 15.7. The molecule has 0 fully saturated rings. The van der Waals surface area contributed by atoms with Crippen LogP contribution in [0.5, 0.6) is 0 Å². The molecule has 0 aliphatic rings. The Balaban J connectivity index is 1.40. The van der Waals surface area contributed by atoms with E-state index < -0.39 is 0 Å². The molecule has 0 amide bonds. The molecule has 4 rings (SSSR count). The Morgan fingerprint density at radius 2 is 1.69 bits per heavy atom. The van der Waals surface area contributed by atoms with Crippen molar-refractivity contribution in [2.75, 3.05) is 5.75 Å². The fraction of sp³-hybridized carbons (Fsp3) is 0.143.